The molecule has 0 amide bonds. The Balaban J connectivity index is 2.10. The maximum Gasteiger partial charge on any atom is 0.154 e. The number of morpholine rings is 1. The maximum absolute atomic E-state index is 5.97. The third-order valence-corrected chi connectivity index (χ3v) is 4.13. The average molecular weight is 272 g/mol. The van der Waals surface area contributed by atoms with Crippen molar-refractivity contribution in [1.29, 1.82) is 0 Å². The summed E-state index contributed by atoms with van der Waals surface area (Å²) in [4.78, 5) is 2.31. The number of nitrogens with zero attached hydrogens (tertiary/aromatic N) is 3. The topological polar surface area (TPSA) is 33.6 Å². The number of ether oxygens (including phenoxy) is 1. The lowest BCUT2D eigenvalue weighted by atomic mass is 9.95. The van der Waals surface area contributed by atoms with Crippen LogP contribution in [-0.2, 0) is 17.4 Å². The largest absolute Gasteiger partial charge is 0.353 e. The molecule has 2 saturated heterocycles. The van der Waals surface area contributed by atoms with Gasteiger partial charge in [0, 0.05) is 20.1 Å². The molecule has 2 aliphatic heterocycles. The average Bonchev–Trinajstić information content (AvgIpc) is 2.42. The Morgan fingerprint density at radius 1 is 1.47 bits per heavy atom. The molecular weight excluding hydrogens is 258 g/mol. The molecule has 0 radical (unpaired) electrons. The van der Waals surface area contributed by atoms with Gasteiger partial charge in [-0.05, 0) is 29.9 Å². The van der Waals surface area contributed by atoms with E-state index in [-0.39, 0.29) is 11.2 Å². The lowest BCUT2D eigenvalue weighted by Gasteiger charge is -2.14. The van der Waals surface area contributed by atoms with Gasteiger partial charge < -0.3 is 4.74 Å². The molecule has 0 N–H and O–H groups in total. The molecule has 2 aliphatic rings. The van der Waals surface area contributed by atoms with Crippen LogP contribution < -0.4 is 0 Å². The van der Waals surface area contributed by atoms with Crippen LogP contribution in [0.25, 0.3) is 0 Å². The van der Waals surface area contributed by atoms with Crippen LogP contribution in [0.5, 0.6) is 0 Å². The van der Waals surface area contributed by atoms with Crippen molar-refractivity contribution in [3.8, 4) is 0 Å². The Labute approximate surface area is 97.3 Å². The van der Waals surface area contributed by atoms with Gasteiger partial charge in [-0.15, -0.1) is 0 Å². The number of rotatable bonds is 1. The van der Waals surface area contributed by atoms with Crippen LogP contribution in [0.3, 0.4) is 0 Å². The smallest absolute Gasteiger partial charge is 0.154 e. The Bertz CT molecular complexity index is 413. The minimum Gasteiger partial charge on any atom is -0.353 e. The van der Waals surface area contributed by atoms with Gasteiger partial charge in [-0.25, -0.2) is 0 Å². The van der Waals surface area contributed by atoms with E-state index < -0.39 is 0 Å². The van der Waals surface area contributed by atoms with Gasteiger partial charge >= 0.3 is 0 Å². The van der Waals surface area contributed by atoms with Crippen molar-refractivity contribution in [2.45, 2.75) is 18.1 Å². The number of fused-ring (bicyclic) bond motifs is 1. The first-order valence-corrected chi connectivity index (χ1v) is 5.84. The van der Waals surface area contributed by atoms with Crippen molar-refractivity contribution in [3.63, 3.8) is 0 Å². The van der Waals surface area contributed by atoms with E-state index in [0.29, 0.717) is 0 Å². The number of hydrogen-bond donors (Lipinski definition) is 0. The van der Waals surface area contributed by atoms with Crippen LogP contribution in [-0.4, -0.2) is 40.4 Å². The van der Waals surface area contributed by atoms with Crippen molar-refractivity contribution in [2.75, 3.05) is 20.1 Å². The molecule has 82 valence electrons. The van der Waals surface area contributed by atoms with E-state index in [4.69, 9.17) is 4.74 Å². The van der Waals surface area contributed by atoms with Crippen LogP contribution in [0, 0.1) is 0 Å². The van der Waals surface area contributed by atoms with Gasteiger partial charge in [0.1, 0.15) is 5.60 Å². The van der Waals surface area contributed by atoms with E-state index in [1.807, 2.05) is 17.9 Å². The molecule has 15 heavy (non-hydrogen) atoms. The van der Waals surface area contributed by atoms with E-state index in [1.165, 1.54) is 0 Å². The minimum atomic E-state index is -0.147. The third kappa shape index (κ3) is 1.06. The van der Waals surface area contributed by atoms with E-state index in [9.17, 15) is 0 Å². The predicted octanol–water partition coefficient (Wildman–Crippen LogP) is 1.11. The first-order chi connectivity index (χ1) is 6.98. The van der Waals surface area contributed by atoms with E-state index >= 15 is 0 Å². The summed E-state index contributed by atoms with van der Waals surface area (Å²) in [7, 11) is 4.10. The molecule has 0 spiro atoms. The maximum atomic E-state index is 5.97. The summed E-state index contributed by atoms with van der Waals surface area (Å²) < 4.78 is 8.93. The van der Waals surface area contributed by atoms with E-state index in [1.54, 1.807) is 0 Å². The highest BCUT2D eigenvalue weighted by atomic mass is 79.9. The van der Waals surface area contributed by atoms with Gasteiger partial charge in [-0.1, -0.05) is 0 Å². The van der Waals surface area contributed by atoms with Crippen LogP contribution >= 0.6 is 15.9 Å². The van der Waals surface area contributed by atoms with Crippen LogP contribution in [0.1, 0.15) is 12.6 Å². The number of epoxide rings is 1. The van der Waals surface area contributed by atoms with Gasteiger partial charge in [-0.3, -0.25) is 9.58 Å². The van der Waals surface area contributed by atoms with Gasteiger partial charge in [-0.2, -0.15) is 5.10 Å². The molecule has 4 nitrogen and oxygen atoms in total. The standard InChI is InChI=1S/C10H14BrN3O/c1-9-5-13(2)6-10(9,15-9)8-7(11)4-12-14(8)3/h4H,5-6H2,1-3H3/t9-,10-/m1/s1. The zero-order valence-electron chi connectivity index (χ0n) is 9.12. The Kier molecular flexibility index (Phi) is 1.73. The second kappa shape index (κ2) is 2.64. The van der Waals surface area contributed by atoms with E-state index in [0.717, 1.165) is 23.3 Å². The fourth-order valence-electron chi connectivity index (χ4n) is 2.91. The number of aromatic nitrogens is 2. The molecule has 5 heteroatoms. The van der Waals surface area contributed by atoms with Crippen LogP contribution in [0.2, 0.25) is 0 Å². The zero-order chi connectivity index (χ0) is 10.8. The summed E-state index contributed by atoms with van der Waals surface area (Å²) in [5.41, 5.74) is 0.985. The Morgan fingerprint density at radius 3 is 2.67 bits per heavy atom. The molecule has 2 atom stereocenters. The van der Waals surface area contributed by atoms with Crippen molar-refractivity contribution in [2.24, 2.45) is 7.05 Å². The summed E-state index contributed by atoms with van der Waals surface area (Å²) in [6, 6.07) is 0. The lowest BCUT2D eigenvalue weighted by molar-refractivity contribution is 0.155. The number of likely N-dealkylation sites (N-methyl/N-ethyl adjacent to an activating group) is 1. The predicted molar refractivity (Wildman–Crippen MR) is 59.6 cm³/mol. The fraction of sp³-hybridized carbons (Fsp3) is 0.700. The van der Waals surface area contributed by atoms with Crippen molar-refractivity contribution in [3.05, 3.63) is 16.4 Å². The summed E-state index contributed by atoms with van der Waals surface area (Å²) in [6.45, 7) is 4.11. The summed E-state index contributed by atoms with van der Waals surface area (Å²) >= 11 is 3.55. The second-order valence-corrected chi connectivity index (χ2v) is 5.65. The first kappa shape index (κ1) is 9.81. The van der Waals surface area contributed by atoms with Crippen LogP contribution in [0.15, 0.2) is 10.7 Å². The van der Waals surface area contributed by atoms with E-state index in [2.05, 4.69) is 39.9 Å². The van der Waals surface area contributed by atoms with Crippen LogP contribution in [0.4, 0.5) is 0 Å². The molecular formula is C10H14BrN3O. The Morgan fingerprint density at radius 2 is 2.20 bits per heavy atom. The summed E-state index contributed by atoms with van der Waals surface area (Å²) in [5, 5.41) is 4.26. The van der Waals surface area contributed by atoms with Crippen molar-refractivity contribution >= 4 is 15.9 Å². The molecule has 0 aromatic carbocycles. The minimum absolute atomic E-state index is 0.0297. The molecule has 0 saturated carbocycles. The highest BCUT2D eigenvalue weighted by Crippen LogP contribution is 2.60. The summed E-state index contributed by atoms with van der Waals surface area (Å²) in [5.74, 6) is 0. The monoisotopic (exact) mass is 271 g/mol. The third-order valence-electron chi connectivity index (χ3n) is 3.55. The summed E-state index contributed by atoms with van der Waals surface area (Å²) in [6.07, 6.45) is 1.84. The molecule has 0 aliphatic carbocycles. The molecule has 2 fully saturated rings. The van der Waals surface area contributed by atoms with Gasteiger partial charge in [0.2, 0.25) is 0 Å². The van der Waals surface area contributed by atoms with Gasteiger partial charge in [0.05, 0.1) is 16.4 Å². The molecule has 3 heterocycles. The SMILES string of the molecule is CN1C[C@@]2(C)O[C@@]2(c2c(Br)cnn2C)C1. The second-order valence-electron chi connectivity index (χ2n) is 4.80. The first-order valence-electron chi connectivity index (χ1n) is 5.05. The molecule has 0 unspecified atom stereocenters. The molecule has 1 aromatic rings. The number of likely N-dealkylation sites (tertiary alicyclic amines) is 1. The quantitative estimate of drug-likeness (QED) is 0.718. The number of aryl methyl sites for hydroxylation is 1. The van der Waals surface area contributed by atoms with Crippen molar-refractivity contribution < 1.29 is 4.74 Å². The number of halogens is 1. The van der Waals surface area contributed by atoms with Gasteiger partial charge in [0.25, 0.3) is 0 Å². The Hall–Kier alpha value is -0.390. The normalized spacial score (nSPS) is 39.5. The fourth-order valence-corrected chi connectivity index (χ4v) is 3.58. The highest BCUT2D eigenvalue weighted by molar-refractivity contribution is 9.10. The lowest BCUT2D eigenvalue weighted by Crippen LogP contribution is -2.25. The van der Waals surface area contributed by atoms with Crippen molar-refractivity contribution in [1.82, 2.24) is 14.7 Å². The zero-order valence-corrected chi connectivity index (χ0v) is 10.7. The molecule has 0 bridgehead atoms. The highest BCUT2D eigenvalue weighted by Gasteiger charge is 2.74. The van der Waals surface area contributed by atoms with Gasteiger partial charge in [0.15, 0.2) is 5.60 Å². The molecule has 1 aromatic heterocycles. The molecule has 3 rings (SSSR count). The number of hydrogen-bond acceptors (Lipinski definition) is 3.